The number of benzene rings is 6. The second-order valence-electron chi connectivity index (χ2n) is 14.6. The van der Waals surface area contributed by atoms with Crippen LogP contribution in [0.3, 0.4) is 0 Å². The Balaban J connectivity index is 1.54. The molecular formula is C47H46O5. The molecule has 0 amide bonds. The van der Waals surface area contributed by atoms with E-state index in [1.54, 1.807) is 18.2 Å². The van der Waals surface area contributed by atoms with Gasteiger partial charge in [0, 0.05) is 32.9 Å². The zero-order valence-corrected chi connectivity index (χ0v) is 30.7. The summed E-state index contributed by atoms with van der Waals surface area (Å²) in [6, 6.07) is 52.6. The minimum absolute atomic E-state index is 0.318. The lowest BCUT2D eigenvalue weighted by atomic mass is 9.77. The highest BCUT2D eigenvalue weighted by Gasteiger charge is 2.51. The molecule has 0 aliphatic carbocycles. The largest absolute Gasteiger partial charge is 0.523 e. The molecular weight excluding hydrogens is 645 g/mol. The van der Waals surface area contributed by atoms with Gasteiger partial charge in [-0.2, -0.15) is 0 Å². The summed E-state index contributed by atoms with van der Waals surface area (Å²) in [7, 11) is 0. The van der Waals surface area contributed by atoms with Gasteiger partial charge in [0.05, 0.1) is 0 Å². The molecule has 264 valence electrons. The third-order valence-electron chi connectivity index (χ3n) is 10.2. The fourth-order valence-electron chi connectivity index (χ4n) is 6.87. The van der Waals surface area contributed by atoms with E-state index in [1.165, 1.54) is 0 Å². The molecule has 0 saturated heterocycles. The lowest BCUT2D eigenvalue weighted by molar-refractivity contribution is -0.256. The molecule has 0 radical (unpaired) electrons. The molecule has 6 rings (SSSR count). The van der Waals surface area contributed by atoms with Crippen molar-refractivity contribution in [3.8, 4) is 17.2 Å². The number of ether oxygens (including phenoxy) is 3. The number of aliphatic carboxylic acids is 1. The summed E-state index contributed by atoms with van der Waals surface area (Å²) >= 11 is 0. The molecule has 0 spiro atoms. The van der Waals surface area contributed by atoms with Crippen molar-refractivity contribution in [1.82, 2.24) is 0 Å². The van der Waals surface area contributed by atoms with Crippen LogP contribution in [0.5, 0.6) is 17.2 Å². The second-order valence-corrected chi connectivity index (χ2v) is 14.6. The number of carbonyl (C=O) groups is 1. The SMILES string of the molecule is CC(C)(c1ccccc1)c1ccccc1OC(Oc1ccccc1C(C)(C)c1ccccc1)(Oc1ccccc1C(C)(C)c1ccccc1)C(=O)O. The first-order valence-corrected chi connectivity index (χ1v) is 17.6. The van der Waals surface area contributed by atoms with Crippen LogP contribution < -0.4 is 14.2 Å². The molecule has 52 heavy (non-hydrogen) atoms. The summed E-state index contributed by atoms with van der Waals surface area (Å²) in [5.74, 6) is -3.15. The van der Waals surface area contributed by atoms with Gasteiger partial charge in [-0.15, -0.1) is 0 Å². The number of hydrogen-bond acceptors (Lipinski definition) is 4. The maximum absolute atomic E-state index is 14.0. The van der Waals surface area contributed by atoms with E-state index in [1.807, 2.05) is 109 Å². The highest BCUT2D eigenvalue weighted by Crippen LogP contribution is 2.44. The lowest BCUT2D eigenvalue weighted by Crippen LogP contribution is -2.56. The van der Waals surface area contributed by atoms with Crippen LogP contribution in [0, 0.1) is 0 Å². The van der Waals surface area contributed by atoms with E-state index in [4.69, 9.17) is 14.2 Å². The van der Waals surface area contributed by atoms with Crippen LogP contribution in [-0.4, -0.2) is 17.0 Å². The van der Waals surface area contributed by atoms with E-state index < -0.39 is 28.2 Å². The van der Waals surface area contributed by atoms with E-state index in [0.717, 1.165) is 33.4 Å². The third-order valence-corrected chi connectivity index (χ3v) is 10.2. The van der Waals surface area contributed by atoms with E-state index in [2.05, 4.69) is 77.9 Å². The quantitative estimate of drug-likeness (QED) is 0.122. The van der Waals surface area contributed by atoms with Crippen LogP contribution in [0.25, 0.3) is 0 Å². The topological polar surface area (TPSA) is 65.0 Å². The second kappa shape index (κ2) is 14.4. The fourth-order valence-corrected chi connectivity index (χ4v) is 6.87. The fraction of sp³-hybridized carbons (Fsp3) is 0.213. The summed E-state index contributed by atoms with van der Waals surface area (Å²) in [6.45, 7) is 12.5. The Kier molecular flexibility index (Phi) is 9.99. The summed E-state index contributed by atoms with van der Waals surface area (Å²) in [5.41, 5.74) is 3.74. The highest BCUT2D eigenvalue weighted by molar-refractivity contribution is 5.76. The number of hydrogen-bond donors (Lipinski definition) is 1. The zero-order valence-electron chi connectivity index (χ0n) is 30.7. The maximum atomic E-state index is 14.0. The summed E-state index contributed by atoms with van der Waals surface area (Å²) in [5, 5.41) is 11.4. The minimum Gasteiger partial charge on any atom is -0.472 e. The van der Waals surface area contributed by atoms with Crippen molar-refractivity contribution in [3.63, 3.8) is 0 Å². The van der Waals surface area contributed by atoms with Crippen LogP contribution in [-0.2, 0) is 21.0 Å². The molecule has 5 heteroatoms. The van der Waals surface area contributed by atoms with Crippen LogP contribution in [0.2, 0.25) is 0 Å². The van der Waals surface area contributed by atoms with Crippen molar-refractivity contribution in [1.29, 1.82) is 0 Å². The van der Waals surface area contributed by atoms with Gasteiger partial charge in [-0.3, -0.25) is 0 Å². The maximum Gasteiger partial charge on any atom is 0.523 e. The first-order chi connectivity index (χ1) is 24.9. The van der Waals surface area contributed by atoms with Crippen LogP contribution in [0.1, 0.15) is 74.9 Å². The Morgan fingerprint density at radius 2 is 0.615 bits per heavy atom. The van der Waals surface area contributed by atoms with Crippen molar-refractivity contribution in [2.24, 2.45) is 0 Å². The summed E-state index contributed by atoms with van der Waals surface area (Å²) in [6.07, 6.45) is 0. The van der Waals surface area contributed by atoms with E-state index in [0.29, 0.717) is 17.2 Å². The molecule has 0 aliphatic rings. The molecule has 1 N–H and O–H groups in total. The molecule has 0 fully saturated rings. The summed E-state index contributed by atoms with van der Waals surface area (Å²) in [4.78, 5) is 14.0. The normalized spacial score (nSPS) is 12.2. The van der Waals surface area contributed by atoms with Crippen molar-refractivity contribution >= 4 is 5.97 Å². The Bertz CT molecular complexity index is 1890. The van der Waals surface area contributed by atoms with Gasteiger partial charge in [0.2, 0.25) is 0 Å². The minimum atomic E-state index is -2.66. The molecule has 5 nitrogen and oxygen atoms in total. The number of carboxylic acids is 1. The van der Waals surface area contributed by atoms with Crippen LogP contribution >= 0.6 is 0 Å². The van der Waals surface area contributed by atoms with Gasteiger partial charge >= 0.3 is 11.9 Å². The van der Waals surface area contributed by atoms with Crippen LogP contribution in [0.15, 0.2) is 164 Å². The van der Waals surface area contributed by atoms with Crippen molar-refractivity contribution < 1.29 is 24.1 Å². The highest BCUT2D eigenvalue weighted by atomic mass is 16.9. The van der Waals surface area contributed by atoms with E-state index in [-0.39, 0.29) is 0 Å². The van der Waals surface area contributed by atoms with Gasteiger partial charge in [0.25, 0.3) is 0 Å². The number of carboxylic acid groups (broad SMARTS) is 1. The van der Waals surface area contributed by atoms with Gasteiger partial charge in [-0.1, -0.05) is 187 Å². The van der Waals surface area contributed by atoms with Crippen LogP contribution in [0.4, 0.5) is 0 Å². The predicted octanol–water partition coefficient (Wildman–Crippen LogP) is 10.9. The summed E-state index contributed by atoms with van der Waals surface area (Å²) < 4.78 is 20.1. The van der Waals surface area contributed by atoms with Gasteiger partial charge < -0.3 is 19.3 Å². The van der Waals surface area contributed by atoms with Gasteiger partial charge in [0.1, 0.15) is 17.2 Å². The molecule has 0 bridgehead atoms. The van der Waals surface area contributed by atoms with Gasteiger partial charge in [-0.25, -0.2) is 4.79 Å². The van der Waals surface area contributed by atoms with E-state index in [9.17, 15) is 9.90 Å². The molecule has 0 saturated carbocycles. The molecule has 0 aromatic heterocycles. The molecule has 6 aromatic carbocycles. The lowest BCUT2D eigenvalue weighted by Gasteiger charge is -2.36. The Hall–Kier alpha value is -5.81. The monoisotopic (exact) mass is 690 g/mol. The molecule has 0 atom stereocenters. The zero-order chi connectivity index (χ0) is 37.0. The first-order valence-electron chi connectivity index (χ1n) is 17.6. The van der Waals surface area contributed by atoms with Crippen molar-refractivity contribution in [2.45, 2.75) is 63.8 Å². The predicted molar refractivity (Wildman–Crippen MR) is 207 cm³/mol. The first kappa shape index (κ1) is 36.0. The third kappa shape index (κ3) is 7.04. The average molecular weight is 691 g/mol. The molecule has 6 aromatic rings. The van der Waals surface area contributed by atoms with E-state index >= 15 is 0 Å². The smallest absolute Gasteiger partial charge is 0.472 e. The van der Waals surface area contributed by atoms with Crippen molar-refractivity contribution in [2.75, 3.05) is 0 Å². The Morgan fingerprint density at radius 3 is 0.865 bits per heavy atom. The standard InChI is InChI=1S/C47H46O5/c1-44(2,34-22-10-7-11-23-34)37-28-16-19-31-40(37)50-47(43(48)49,51-41-32-20-17-29-38(41)45(3,4)35-24-12-8-13-25-35)52-42-33-21-18-30-39(42)46(5,6)36-26-14-9-15-27-36/h7-33H,1-6H3,(H,48,49). The molecule has 0 aliphatic heterocycles. The number of rotatable bonds is 13. The number of para-hydroxylation sites is 3. The average Bonchev–Trinajstić information content (AvgIpc) is 3.16. The Morgan fingerprint density at radius 1 is 0.385 bits per heavy atom. The van der Waals surface area contributed by atoms with Crippen molar-refractivity contribution in [3.05, 3.63) is 197 Å². The molecule has 0 heterocycles. The van der Waals surface area contributed by atoms with Gasteiger partial charge in [-0.05, 0) is 34.9 Å². The Labute approximate surface area is 307 Å². The molecule has 0 unspecified atom stereocenters. The van der Waals surface area contributed by atoms with Gasteiger partial charge in [0.15, 0.2) is 0 Å².